The maximum atomic E-state index is 12.6. The lowest BCUT2D eigenvalue weighted by molar-refractivity contribution is -0.120. The molecule has 5 heteroatoms. The number of likely N-dealkylation sites (tertiary alicyclic amines) is 1. The monoisotopic (exact) mass is 346 g/mol. The van der Waals surface area contributed by atoms with E-state index in [0.29, 0.717) is 24.3 Å². The minimum Gasteiger partial charge on any atom is -0.391 e. The van der Waals surface area contributed by atoms with Gasteiger partial charge in [-0.25, -0.2) is 0 Å². The fraction of sp³-hybridized carbons (Fsp3) is 0.600. The Hall–Kier alpha value is -1.88. The number of carbonyl (C=O) groups excluding carboxylic acids is 2. The van der Waals surface area contributed by atoms with E-state index in [1.54, 1.807) is 23.1 Å². The van der Waals surface area contributed by atoms with Gasteiger partial charge in [-0.3, -0.25) is 9.59 Å². The summed E-state index contributed by atoms with van der Waals surface area (Å²) in [6, 6.07) is 7.09. The van der Waals surface area contributed by atoms with E-state index < -0.39 is 6.10 Å². The zero-order valence-corrected chi connectivity index (χ0v) is 15.3. The van der Waals surface area contributed by atoms with Crippen LogP contribution in [0.4, 0.5) is 5.69 Å². The van der Waals surface area contributed by atoms with E-state index in [0.717, 1.165) is 38.5 Å². The van der Waals surface area contributed by atoms with Crippen molar-refractivity contribution in [3.8, 4) is 0 Å². The molecular formula is C20H30N2O3. The lowest BCUT2D eigenvalue weighted by Gasteiger charge is -2.30. The molecule has 0 radical (unpaired) electrons. The van der Waals surface area contributed by atoms with Gasteiger partial charge in [-0.1, -0.05) is 32.8 Å². The first-order valence-electron chi connectivity index (χ1n) is 9.43. The molecule has 2 unspecified atom stereocenters. The number of β-amino-alcohol motifs (C(OH)–C–C–N with tert-alkyl or cyclic N) is 1. The number of benzene rings is 1. The zero-order chi connectivity index (χ0) is 18.2. The Labute approximate surface area is 150 Å². The third-order valence-electron chi connectivity index (χ3n) is 4.83. The number of anilines is 1. The summed E-state index contributed by atoms with van der Waals surface area (Å²) in [5, 5.41) is 12.7. The molecule has 2 amide bonds. The van der Waals surface area contributed by atoms with Crippen molar-refractivity contribution in [2.75, 3.05) is 18.4 Å². The van der Waals surface area contributed by atoms with Crippen LogP contribution in [0.25, 0.3) is 0 Å². The molecule has 0 bridgehead atoms. The third kappa shape index (κ3) is 5.56. The molecule has 0 aliphatic carbocycles. The average Bonchev–Trinajstić information content (AvgIpc) is 2.62. The van der Waals surface area contributed by atoms with E-state index in [4.69, 9.17) is 0 Å². The SMILES string of the molecule is CCCCC(CC)C(=O)Nc1cccc(C(=O)N2CCCC(O)C2)c1. The van der Waals surface area contributed by atoms with Gasteiger partial charge in [0.2, 0.25) is 5.91 Å². The molecule has 1 aliphatic rings. The number of hydrogen-bond donors (Lipinski definition) is 2. The van der Waals surface area contributed by atoms with Gasteiger partial charge < -0.3 is 15.3 Å². The summed E-state index contributed by atoms with van der Waals surface area (Å²) in [6.07, 6.45) is 4.95. The van der Waals surface area contributed by atoms with E-state index in [1.165, 1.54) is 0 Å². The van der Waals surface area contributed by atoms with Crippen molar-refractivity contribution < 1.29 is 14.7 Å². The Morgan fingerprint density at radius 3 is 2.84 bits per heavy atom. The van der Waals surface area contributed by atoms with E-state index >= 15 is 0 Å². The molecule has 2 N–H and O–H groups in total. The van der Waals surface area contributed by atoms with Crippen molar-refractivity contribution >= 4 is 17.5 Å². The summed E-state index contributed by atoms with van der Waals surface area (Å²) in [7, 11) is 0. The maximum absolute atomic E-state index is 12.6. The number of unbranched alkanes of at least 4 members (excludes halogenated alkanes) is 1. The van der Waals surface area contributed by atoms with Crippen molar-refractivity contribution in [1.82, 2.24) is 4.90 Å². The van der Waals surface area contributed by atoms with Crippen molar-refractivity contribution in [3.63, 3.8) is 0 Å². The minimum absolute atomic E-state index is 0.0107. The van der Waals surface area contributed by atoms with E-state index in [1.807, 2.05) is 13.0 Å². The van der Waals surface area contributed by atoms with Gasteiger partial charge in [-0.15, -0.1) is 0 Å². The number of amides is 2. The van der Waals surface area contributed by atoms with E-state index in [2.05, 4.69) is 12.2 Å². The van der Waals surface area contributed by atoms with Crippen LogP contribution in [0.1, 0.15) is 62.7 Å². The summed E-state index contributed by atoms with van der Waals surface area (Å²) < 4.78 is 0. The fourth-order valence-electron chi connectivity index (χ4n) is 3.27. The van der Waals surface area contributed by atoms with Crippen molar-refractivity contribution in [2.45, 2.75) is 58.5 Å². The lowest BCUT2D eigenvalue weighted by Crippen LogP contribution is -2.42. The summed E-state index contributed by atoms with van der Waals surface area (Å²) in [6.45, 7) is 5.20. The number of nitrogens with one attached hydrogen (secondary N) is 1. The second-order valence-corrected chi connectivity index (χ2v) is 6.86. The molecule has 2 atom stereocenters. The Balaban J connectivity index is 2.02. The molecule has 0 saturated carbocycles. The average molecular weight is 346 g/mol. The molecule has 1 heterocycles. The van der Waals surface area contributed by atoms with Gasteiger partial charge in [0.1, 0.15) is 0 Å². The molecular weight excluding hydrogens is 316 g/mol. The molecule has 0 spiro atoms. The highest BCUT2D eigenvalue weighted by Gasteiger charge is 2.23. The third-order valence-corrected chi connectivity index (χ3v) is 4.83. The highest BCUT2D eigenvalue weighted by molar-refractivity contribution is 5.97. The van der Waals surface area contributed by atoms with Crippen molar-refractivity contribution in [1.29, 1.82) is 0 Å². The van der Waals surface area contributed by atoms with Crippen LogP contribution in [-0.2, 0) is 4.79 Å². The molecule has 25 heavy (non-hydrogen) atoms. The molecule has 1 aromatic carbocycles. The summed E-state index contributed by atoms with van der Waals surface area (Å²) >= 11 is 0. The number of nitrogens with zero attached hydrogens (tertiary/aromatic N) is 1. The smallest absolute Gasteiger partial charge is 0.254 e. The molecule has 5 nitrogen and oxygen atoms in total. The van der Waals surface area contributed by atoms with Gasteiger partial charge in [-0.05, 0) is 43.9 Å². The van der Waals surface area contributed by atoms with Gasteiger partial charge in [0.15, 0.2) is 0 Å². The number of piperidine rings is 1. The predicted octanol–water partition coefficient (Wildman–Crippen LogP) is 3.44. The molecule has 0 aromatic heterocycles. The second-order valence-electron chi connectivity index (χ2n) is 6.86. The Morgan fingerprint density at radius 1 is 1.36 bits per heavy atom. The fourth-order valence-corrected chi connectivity index (χ4v) is 3.27. The maximum Gasteiger partial charge on any atom is 0.254 e. The van der Waals surface area contributed by atoms with Crippen LogP contribution in [0.2, 0.25) is 0 Å². The highest BCUT2D eigenvalue weighted by Crippen LogP contribution is 2.19. The van der Waals surface area contributed by atoms with Gasteiger partial charge in [-0.2, -0.15) is 0 Å². The summed E-state index contributed by atoms with van der Waals surface area (Å²) in [5.74, 6) is -0.0571. The molecule has 1 aliphatic heterocycles. The van der Waals surface area contributed by atoms with Crippen LogP contribution >= 0.6 is 0 Å². The van der Waals surface area contributed by atoms with Crippen LogP contribution in [0.15, 0.2) is 24.3 Å². The molecule has 1 saturated heterocycles. The second kappa shape index (κ2) is 9.56. The predicted molar refractivity (Wildman–Crippen MR) is 99.5 cm³/mol. The van der Waals surface area contributed by atoms with Crippen LogP contribution < -0.4 is 5.32 Å². The molecule has 138 valence electrons. The van der Waals surface area contributed by atoms with Crippen LogP contribution in [0, 0.1) is 5.92 Å². The quantitative estimate of drug-likeness (QED) is 0.794. The normalized spacial score (nSPS) is 18.7. The van der Waals surface area contributed by atoms with Gasteiger partial charge >= 0.3 is 0 Å². The van der Waals surface area contributed by atoms with E-state index in [9.17, 15) is 14.7 Å². The van der Waals surface area contributed by atoms with Crippen LogP contribution in [-0.4, -0.2) is 41.0 Å². The van der Waals surface area contributed by atoms with Crippen LogP contribution in [0.3, 0.4) is 0 Å². The Kier molecular flexibility index (Phi) is 7.44. The van der Waals surface area contributed by atoms with Gasteiger partial charge in [0.25, 0.3) is 5.91 Å². The lowest BCUT2D eigenvalue weighted by atomic mass is 9.98. The number of carbonyl (C=O) groups is 2. The molecule has 1 fully saturated rings. The first-order valence-corrected chi connectivity index (χ1v) is 9.43. The number of aliphatic hydroxyl groups excluding tert-OH is 1. The topological polar surface area (TPSA) is 69.6 Å². The summed E-state index contributed by atoms with van der Waals surface area (Å²) in [4.78, 5) is 26.7. The Morgan fingerprint density at radius 2 is 2.16 bits per heavy atom. The first kappa shape index (κ1) is 19.4. The number of rotatable bonds is 7. The molecule has 2 rings (SSSR count). The largest absolute Gasteiger partial charge is 0.391 e. The van der Waals surface area contributed by atoms with Gasteiger partial charge in [0, 0.05) is 30.3 Å². The number of hydrogen-bond acceptors (Lipinski definition) is 3. The van der Waals surface area contributed by atoms with Gasteiger partial charge in [0.05, 0.1) is 6.10 Å². The Bertz CT molecular complexity index is 588. The first-order chi connectivity index (χ1) is 12.0. The highest BCUT2D eigenvalue weighted by atomic mass is 16.3. The van der Waals surface area contributed by atoms with E-state index in [-0.39, 0.29) is 17.7 Å². The minimum atomic E-state index is -0.440. The standard InChI is InChI=1S/C20H30N2O3/c1-3-5-8-15(4-2)19(24)21-17-10-6-9-16(13-17)20(25)22-12-7-11-18(23)14-22/h6,9-10,13,15,18,23H,3-5,7-8,11-12,14H2,1-2H3,(H,21,24). The van der Waals surface area contributed by atoms with Crippen molar-refractivity contribution in [2.24, 2.45) is 5.92 Å². The van der Waals surface area contributed by atoms with Crippen molar-refractivity contribution in [3.05, 3.63) is 29.8 Å². The van der Waals surface area contributed by atoms with Crippen LogP contribution in [0.5, 0.6) is 0 Å². The zero-order valence-electron chi connectivity index (χ0n) is 15.3. The molecule has 1 aromatic rings. The summed E-state index contributed by atoms with van der Waals surface area (Å²) in [5.41, 5.74) is 1.21. The number of aliphatic hydroxyl groups is 1.